The average Bonchev–Trinajstić information content (AvgIpc) is 2.86. The number of likely N-dealkylation sites (tertiary alicyclic amines) is 1. The third-order valence-corrected chi connectivity index (χ3v) is 4.03. The third-order valence-electron chi connectivity index (χ3n) is 4.03. The highest BCUT2D eigenvalue weighted by molar-refractivity contribution is 6.06. The van der Waals surface area contributed by atoms with Gasteiger partial charge < -0.3 is 9.47 Å². The Kier molecular flexibility index (Phi) is 5.19. The maximum Gasteiger partial charge on any atom is 0.236 e. The molecule has 2 amide bonds. The predicted octanol–water partition coefficient (Wildman–Crippen LogP) is 1.93. The van der Waals surface area contributed by atoms with E-state index in [0.29, 0.717) is 13.2 Å². The lowest BCUT2D eigenvalue weighted by atomic mass is 9.88. The van der Waals surface area contributed by atoms with E-state index in [9.17, 15) is 9.59 Å². The molecule has 0 spiro atoms. The van der Waals surface area contributed by atoms with Crippen LogP contribution in [-0.4, -0.2) is 49.2 Å². The molecule has 2 heterocycles. The molecule has 122 valence electrons. The van der Waals surface area contributed by atoms with E-state index in [1.807, 2.05) is 39.8 Å². The third kappa shape index (κ3) is 3.15. The summed E-state index contributed by atoms with van der Waals surface area (Å²) < 4.78 is 11.0. The maximum absolute atomic E-state index is 12.6. The quantitative estimate of drug-likeness (QED) is 0.575. The van der Waals surface area contributed by atoms with Gasteiger partial charge in [-0.05, 0) is 27.7 Å². The Labute approximate surface area is 131 Å². The molecule has 22 heavy (non-hydrogen) atoms. The highest BCUT2D eigenvalue weighted by Gasteiger charge is 2.58. The average molecular weight is 307 g/mol. The number of amides is 2. The van der Waals surface area contributed by atoms with Crippen molar-refractivity contribution in [2.24, 2.45) is 11.8 Å². The highest BCUT2D eigenvalue weighted by atomic mass is 16.5. The molecular weight excluding hydrogens is 282 g/mol. The topological polar surface area (TPSA) is 55.8 Å². The van der Waals surface area contributed by atoms with Crippen molar-refractivity contribution < 1.29 is 19.1 Å². The monoisotopic (exact) mass is 307 g/mol. The van der Waals surface area contributed by atoms with Gasteiger partial charge in [0.2, 0.25) is 11.8 Å². The molecule has 2 aliphatic rings. The number of ether oxygens (including phenoxy) is 2. The fourth-order valence-corrected chi connectivity index (χ4v) is 3.16. The minimum atomic E-state index is -0.417. The van der Waals surface area contributed by atoms with Crippen LogP contribution in [0.25, 0.3) is 0 Å². The van der Waals surface area contributed by atoms with Crippen molar-refractivity contribution in [3.05, 3.63) is 23.3 Å². The van der Waals surface area contributed by atoms with E-state index in [1.54, 1.807) is 7.11 Å². The van der Waals surface area contributed by atoms with Gasteiger partial charge in [-0.3, -0.25) is 14.5 Å². The Hall–Kier alpha value is -1.46. The van der Waals surface area contributed by atoms with E-state index in [1.165, 1.54) is 4.90 Å². The molecule has 2 rings (SSSR count). The second-order valence-corrected chi connectivity index (χ2v) is 6.43. The molecule has 0 aliphatic carbocycles. The van der Waals surface area contributed by atoms with Crippen LogP contribution in [0, 0.1) is 11.8 Å². The standard InChI is InChI=1S/C17H25NO4/c1-10(2)8-12-14-15(13(22-12)9-11(3)4)17(20)18(16(14)19)6-7-21-5/h8-9,12-15H,6-7H2,1-5H3. The first-order valence-corrected chi connectivity index (χ1v) is 7.66. The van der Waals surface area contributed by atoms with E-state index < -0.39 is 11.8 Å². The number of carbonyl (C=O) groups excluding carboxylic acids is 2. The molecule has 2 aliphatic heterocycles. The lowest BCUT2D eigenvalue weighted by Gasteiger charge is -2.19. The Morgan fingerprint density at radius 1 is 1.05 bits per heavy atom. The molecule has 0 saturated carbocycles. The summed E-state index contributed by atoms with van der Waals surface area (Å²) in [7, 11) is 1.56. The van der Waals surface area contributed by atoms with Crippen LogP contribution in [0.15, 0.2) is 23.3 Å². The Morgan fingerprint density at radius 3 is 1.86 bits per heavy atom. The Balaban J connectivity index is 2.32. The van der Waals surface area contributed by atoms with Crippen molar-refractivity contribution >= 4 is 11.8 Å². The molecule has 0 aromatic heterocycles. The predicted molar refractivity (Wildman–Crippen MR) is 83.1 cm³/mol. The summed E-state index contributed by atoms with van der Waals surface area (Å²) in [6.45, 7) is 8.54. The van der Waals surface area contributed by atoms with Crippen LogP contribution >= 0.6 is 0 Å². The van der Waals surface area contributed by atoms with Gasteiger partial charge >= 0.3 is 0 Å². The van der Waals surface area contributed by atoms with Gasteiger partial charge in [-0.1, -0.05) is 23.3 Å². The molecule has 0 N–H and O–H groups in total. The molecule has 0 radical (unpaired) electrons. The van der Waals surface area contributed by atoms with Gasteiger partial charge in [-0.15, -0.1) is 0 Å². The maximum atomic E-state index is 12.6. The van der Waals surface area contributed by atoms with Crippen molar-refractivity contribution in [2.45, 2.75) is 39.9 Å². The molecular formula is C17H25NO4. The fraction of sp³-hybridized carbons (Fsp3) is 0.647. The zero-order chi connectivity index (χ0) is 16.4. The SMILES string of the molecule is COCCN1C(=O)C2C(C=C(C)C)OC(C=C(C)C)C2C1=O. The first-order chi connectivity index (χ1) is 10.4. The van der Waals surface area contributed by atoms with Gasteiger partial charge in [-0.2, -0.15) is 0 Å². The molecule has 2 fully saturated rings. The first-order valence-electron chi connectivity index (χ1n) is 7.66. The number of allylic oxidation sites excluding steroid dienone is 2. The second kappa shape index (κ2) is 6.75. The van der Waals surface area contributed by atoms with E-state index >= 15 is 0 Å². The van der Waals surface area contributed by atoms with E-state index in [-0.39, 0.29) is 24.0 Å². The number of fused-ring (bicyclic) bond motifs is 1. The molecule has 0 bridgehead atoms. The summed E-state index contributed by atoms with van der Waals surface area (Å²) in [5.41, 5.74) is 2.16. The van der Waals surface area contributed by atoms with Crippen LogP contribution < -0.4 is 0 Å². The van der Waals surface area contributed by atoms with Crippen LogP contribution in [0.2, 0.25) is 0 Å². The highest BCUT2D eigenvalue weighted by Crippen LogP contribution is 2.42. The summed E-state index contributed by atoms with van der Waals surface area (Å²) in [5.74, 6) is -1.11. The number of hydrogen-bond donors (Lipinski definition) is 0. The van der Waals surface area contributed by atoms with E-state index in [0.717, 1.165) is 11.1 Å². The zero-order valence-corrected chi connectivity index (χ0v) is 14.0. The number of rotatable bonds is 5. The molecule has 0 aromatic rings. The lowest BCUT2D eigenvalue weighted by Crippen LogP contribution is -2.37. The van der Waals surface area contributed by atoms with Crippen LogP contribution in [0.1, 0.15) is 27.7 Å². The smallest absolute Gasteiger partial charge is 0.236 e. The Morgan fingerprint density at radius 2 is 1.50 bits per heavy atom. The summed E-state index contributed by atoms with van der Waals surface area (Å²) >= 11 is 0. The van der Waals surface area contributed by atoms with Crippen LogP contribution in [0.5, 0.6) is 0 Å². The molecule has 5 heteroatoms. The Bertz CT molecular complexity index is 473. The van der Waals surface area contributed by atoms with Gasteiger partial charge in [0, 0.05) is 7.11 Å². The summed E-state index contributed by atoms with van der Waals surface area (Å²) in [5, 5.41) is 0. The minimum absolute atomic E-state index is 0.140. The van der Waals surface area contributed by atoms with Crippen molar-refractivity contribution in [3.8, 4) is 0 Å². The fourth-order valence-electron chi connectivity index (χ4n) is 3.16. The molecule has 2 saturated heterocycles. The van der Waals surface area contributed by atoms with Crippen LogP contribution in [0.4, 0.5) is 0 Å². The summed E-state index contributed by atoms with van der Waals surface area (Å²) in [4.78, 5) is 26.6. The molecule has 4 unspecified atom stereocenters. The lowest BCUT2D eigenvalue weighted by molar-refractivity contribution is -0.143. The number of imide groups is 1. The van der Waals surface area contributed by atoms with Gasteiger partial charge in [0.05, 0.1) is 37.2 Å². The first kappa shape index (κ1) is 16.9. The van der Waals surface area contributed by atoms with Crippen molar-refractivity contribution in [3.63, 3.8) is 0 Å². The van der Waals surface area contributed by atoms with Gasteiger partial charge in [0.15, 0.2) is 0 Å². The summed E-state index contributed by atoms with van der Waals surface area (Å²) in [6, 6.07) is 0. The molecule has 5 nitrogen and oxygen atoms in total. The van der Waals surface area contributed by atoms with Gasteiger partial charge in [0.1, 0.15) is 0 Å². The minimum Gasteiger partial charge on any atom is -0.383 e. The van der Waals surface area contributed by atoms with E-state index in [4.69, 9.17) is 9.47 Å². The number of methoxy groups -OCH3 is 1. The van der Waals surface area contributed by atoms with Gasteiger partial charge in [-0.25, -0.2) is 0 Å². The van der Waals surface area contributed by atoms with Crippen LogP contribution in [-0.2, 0) is 19.1 Å². The molecule has 4 atom stereocenters. The normalized spacial score (nSPS) is 30.5. The van der Waals surface area contributed by atoms with Crippen molar-refractivity contribution in [1.82, 2.24) is 4.90 Å². The van der Waals surface area contributed by atoms with E-state index in [2.05, 4.69) is 0 Å². The van der Waals surface area contributed by atoms with Crippen molar-refractivity contribution in [1.29, 1.82) is 0 Å². The van der Waals surface area contributed by atoms with Crippen LogP contribution in [0.3, 0.4) is 0 Å². The number of carbonyl (C=O) groups is 2. The zero-order valence-electron chi connectivity index (χ0n) is 14.0. The van der Waals surface area contributed by atoms with Crippen molar-refractivity contribution in [2.75, 3.05) is 20.3 Å². The van der Waals surface area contributed by atoms with Gasteiger partial charge in [0.25, 0.3) is 0 Å². The number of hydrogen-bond acceptors (Lipinski definition) is 4. The number of nitrogens with zero attached hydrogens (tertiary/aromatic N) is 1. The summed E-state index contributed by atoms with van der Waals surface area (Å²) in [6.07, 6.45) is 3.22. The molecule has 0 aromatic carbocycles. The second-order valence-electron chi connectivity index (χ2n) is 6.43. The largest absolute Gasteiger partial charge is 0.383 e.